The molecule has 0 bridgehead atoms. The van der Waals surface area contributed by atoms with Crippen molar-refractivity contribution >= 4 is 11.4 Å². The number of hydrogen-bond acceptors (Lipinski definition) is 5. The van der Waals surface area contributed by atoms with Gasteiger partial charge in [0.05, 0.1) is 13.2 Å². The van der Waals surface area contributed by atoms with Gasteiger partial charge >= 0.3 is 0 Å². The van der Waals surface area contributed by atoms with E-state index < -0.39 is 0 Å². The molecule has 3 heterocycles. The fourth-order valence-corrected chi connectivity index (χ4v) is 3.06. The molecule has 1 aromatic heterocycles. The van der Waals surface area contributed by atoms with Gasteiger partial charge in [-0.15, -0.1) is 0 Å². The zero-order valence-electron chi connectivity index (χ0n) is 12.0. The van der Waals surface area contributed by atoms with Gasteiger partial charge in [0.1, 0.15) is 0 Å². The summed E-state index contributed by atoms with van der Waals surface area (Å²) in [5.41, 5.74) is 3.57. The van der Waals surface area contributed by atoms with Crippen molar-refractivity contribution in [3.63, 3.8) is 0 Å². The van der Waals surface area contributed by atoms with E-state index in [0.717, 1.165) is 28.4 Å². The first kappa shape index (κ1) is 13.5. The fraction of sp³-hybridized carbons (Fsp3) is 0.533. The first-order valence-electron chi connectivity index (χ1n) is 7.20. The van der Waals surface area contributed by atoms with Crippen LogP contribution in [0.4, 0.5) is 5.82 Å². The SMILES string of the molecule is CCCON1CC2=C(c3cccnc31)C(C)CN([O-])C2. The summed E-state index contributed by atoms with van der Waals surface area (Å²) in [4.78, 5) is 10.3. The lowest BCUT2D eigenvalue weighted by Crippen LogP contribution is -2.40. The molecule has 0 saturated carbocycles. The Balaban J connectivity index is 2.01. The summed E-state index contributed by atoms with van der Waals surface area (Å²) < 4.78 is 0. The Hall–Kier alpha value is -1.43. The number of anilines is 1. The van der Waals surface area contributed by atoms with Crippen LogP contribution in [-0.4, -0.2) is 36.3 Å². The highest BCUT2D eigenvalue weighted by atomic mass is 16.7. The summed E-state index contributed by atoms with van der Waals surface area (Å²) in [6, 6.07) is 4.03. The van der Waals surface area contributed by atoms with E-state index in [4.69, 9.17) is 4.84 Å². The summed E-state index contributed by atoms with van der Waals surface area (Å²) in [5.74, 6) is 1.12. The highest BCUT2D eigenvalue weighted by Crippen LogP contribution is 2.40. The molecular formula is C15H20N3O2-. The van der Waals surface area contributed by atoms with Crippen molar-refractivity contribution in [3.05, 3.63) is 34.7 Å². The summed E-state index contributed by atoms with van der Waals surface area (Å²) in [7, 11) is 0. The minimum Gasteiger partial charge on any atom is -0.785 e. The summed E-state index contributed by atoms with van der Waals surface area (Å²) >= 11 is 0. The zero-order valence-corrected chi connectivity index (χ0v) is 12.0. The number of rotatable bonds is 3. The quantitative estimate of drug-likeness (QED) is 0.847. The van der Waals surface area contributed by atoms with Gasteiger partial charge in [-0.2, -0.15) is 0 Å². The largest absolute Gasteiger partial charge is 0.785 e. The van der Waals surface area contributed by atoms with E-state index in [9.17, 15) is 5.21 Å². The van der Waals surface area contributed by atoms with Gasteiger partial charge in [0.2, 0.25) is 0 Å². The second-order valence-electron chi connectivity index (χ2n) is 5.49. The van der Waals surface area contributed by atoms with Gasteiger partial charge in [0.25, 0.3) is 0 Å². The molecule has 0 aromatic carbocycles. The fourth-order valence-electron chi connectivity index (χ4n) is 3.06. The van der Waals surface area contributed by atoms with Crippen molar-refractivity contribution in [2.75, 3.05) is 31.3 Å². The Morgan fingerprint density at radius 3 is 3.10 bits per heavy atom. The topological polar surface area (TPSA) is 51.7 Å². The monoisotopic (exact) mass is 274 g/mol. The lowest BCUT2D eigenvalue weighted by molar-refractivity contribution is 0.109. The molecule has 2 aliphatic rings. The smallest absolute Gasteiger partial charge is 0.160 e. The van der Waals surface area contributed by atoms with Crippen LogP contribution in [0.15, 0.2) is 23.9 Å². The van der Waals surface area contributed by atoms with Gasteiger partial charge in [0.15, 0.2) is 5.82 Å². The summed E-state index contributed by atoms with van der Waals surface area (Å²) in [5, 5.41) is 14.7. The Morgan fingerprint density at radius 2 is 2.30 bits per heavy atom. The minimum absolute atomic E-state index is 0.243. The molecule has 5 nitrogen and oxygen atoms in total. The molecule has 0 spiro atoms. The van der Waals surface area contributed by atoms with E-state index in [1.807, 2.05) is 11.1 Å². The Bertz CT molecular complexity index is 530. The molecule has 108 valence electrons. The number of nitrogens with zero attached hydrogens (tertiary/aromatic N) is 3. The van der Waals surface area contributed by atoms with Crippen LogP contribution in [0.1, 0.15) is 25.8 Å². The van der Waals surface area contributed by atoms with Gasteiger partial charge in [-0.25, -0.2) is 10.0 Å². The second kappa shape index (κ2) is 5.52. The van der Waals surface area contributed by atoms with E-state index >= 15 is 0 Å². The Morgan fingerprint density at radius 1 is 1.45 bits per heavy atom. The zero-order chi connectivity index (χ0) is 14.1. The summed E-state index contributed by atoms with van der Waals surface area (Å²) in [6.45, 7) is 6.52. The van der Waals surface area contributed by atoms with Gasteiger partial charge in [-0.05, 0) is 42.2 Å². The predicted molar refractivity (Wildman–Crippen MR) is 78.9 cm³/mol. The van der Waals surface area contributed by atoms with Crippen LogP contribution in [0.25, 0.3) is 5.57 Å². The molecule has 0 amide bonds. The average Bonchev–Trinajstić information content (AvgIpc) is 2.43. The molecule has 0 radical (unpaired) electrons. The minimum atomic E-state index is 0.243. The second-order valence-corrected chi connectivity index (χ2v) is 5.49. The van der Waals surface area contributed by atoms with E-state index in [1.54, 1.807) is 6.20 Å². The van der Waals surface area contributed by atoms with Crippen LogP contribution in [0, 0.1) is 11.1 Å². The number of hydrogen-bond donors (Lipinski definition) is 0. The first-order valence-corrected chi connectivity index (χ1v) is 7.20. The standard InChI is InChI=1S/C15H20N3O2/c1-3-7-20-18-10-12-9-17(19)8-11(2)14(12)13-5-4-6-16-15(13)18/h4-6,11H,3,7-10H2,1-2H3/q-1. The van der Waals surface area contributed by atoms with Gasteiger partial charge < -0.3 is 10.3 Å². The van der Waals surface area contributed by atoms with Gasteiger partial charge in [0, 0.05) is 18.3 Å². The lowest BCUT2D eigenvalue weighted by Gasteiger charge is -2.43. The van der Waals surface area contributed by atoms with Crippen LogP contribution in [0.2, 0.25) is 0 Å². The molecular weight excluding hydrogens is 254 g/mol. The van der Waals surface area contributed by atoms with Crippen molar-refractivity contribution in [2.45, 2.75) is 20.3 Å². The Labute approximate surface area is 119 Å². The van der Waals surface area contributed by atoms with E-state index in [-0.39, 0.29) is 5.92 Å². The third-order valence-electron chi connectivity index (χ3n) is 3.82. The third kappa shape index (κ3) is 2.32. The maximum atomic E-state index is 11.8. The molecule has 0 fully saturated rings. The van der Waals surface area contributed by atoms with Crippen molar-refractivity contribution in [1.82, 2.24) is 10.0 Å². The highest BCUT2D eigenvalue weighted by Gasteiger charge is 2.31. The van der Waals surface area contributed by atoms with Crippen molar-refractivity contribution < 1.29 is 4.84 Å². The van der Waals surface area contributed by atoms with Crippen molar-refractivity contribution in [3.8, 4) is 0 Å². The number of fused-ring (bicyclic) bond motifs is 2. The molecule has 3 rings (SSSR count). The molecule has 0 saturated heterocycles. The van der Waals surface area contributed by atoms with Crippen LogP contribution in [-0.2, 0) is 4.84 Å². The Kier molecular flexibility index (Phi) is 3.74. The lowest BCUT2D eigenvalue weighted by atomic mass is 9.85. The highest BCUT2D eigenvalue weighted by molar-refractivity contribution is 5.81. The maximum absolute atomic E-state index is 11.8. The van der Waals surface area contributed by atoms with Crippen molar-refractivity contribution in [1.29, 1.82) is 0 Å². The van der Waals surface area contributed by atoms with Crippen LogP contribution < -0.4 is 5.06 Å². The predicted octanol–water partition coefficient (Wildman–Crippen LogP) is 2.45. The average molecular weight is 274 g/mol. The molecule has 1 unspecified atom stereocenters. The number of aromatic nitrogens is 1. The molecule has 1 aromatic rings. The van der Waals surface area contributed by atoms with E-state index in [2.05, 4.69) is 24.9 Å². The van der Waals surface area contributed by atoms with Gasteiger partial charge in [-0.3, -0.25) is 4.84 Å². The normalized spacial score (nSPS) is 22.8. The molecule has 0 N–H and O–H groups in total. The van der Waals surface area contributed by atoms with Crippen molar-refractivity contribution in [2.24, 2.45) is 5.92 Å². The number of hydroxylamine groups is 3. The van der Waals surface area contributed by atoms with Crippen LogP contribution >= 0.6 is 0 Å². The van der Waals surface area contributed by atoms with E-state index in [1.165, 1.54) is 5.57 Å². The molecule has 20 heavy (non-hydrogen) atoms. The molecule has 2 aliphatic heterocycles. The third-order valence-corrected chi connectivity index (χ3v) is 3.82. The van der Waals surface area contributed by atoms with Crippen LogP contribution in [0.5, 0.6) is 0 Å². The molecule has 1 atom stereocenters. The molecule has 0 aliphatic carbocycles. The molecule has 5 heteroatoms. The maximum Gasteiger partial charge on any atom is 0.160 e. The number of pyridine rings is 1. The van der Waals surface area contributed by atoms with E-state index in [0.29, 0.717) is 26.2 Å². The summed E-state index contributed by atoms with van der Waals surface area (Å²) in [6.07, 6.45) is 2.74. The van der Waals surface area contributed by atoms with Crippen LogP contribution in [0.3, 0.4) is 0 Å². The van der Waals surface area contributed by atoms with Gasteiger partial charge in [-0.1, -0.05) is 13.8 Å². The first-order chi connectivity index (χ1) is 9.70.